The number of alkyl halides is 3. The summed E-state index contributed by atoms with van der Waals surface area (Å²) in [5.41, 5.74) is 2.11. The number of hydrogen-bond acceptors (Lipinski definition) is 7. The van der Waals surface area contributed by atoms with Gasteiger partial charge in [-0.05, 0) is 49.7 Å². The van der Waals surface area contributed by atoms with Gasteiger partial charge in [0.15, 0.2) is 11.6 Å². The number of furan rings is 1. The Balaban J connectivity index is 0.000000344. The summed E-state index contributed by atoms with van der Waals surface area (Å²) in [6, 6.07) is 10.1. The van der Waals surface area contributed by atoms with E-state index in [1.165, 1.54) is 19.3 Å². The van der Waals surface area contributed by atoms with Crippen LogP contribution in [0.25, 0.3) is 22.6 Å². The molecular formula is C22H22F3N5O4. The number of carboxylic acids is 1. The molecule has 4 heterocycles. The molecule has 34 heavy (non-hydrogen) atoms. The molecule has 1 aromatic carbocycles. The predicted octanol–water partition coefficient (Wildman–Crippen LogP) is 4.42. The number of carboxylic acid groups (broad SMARTS) is 1. The van der Waals surface area contributed by atoms with Crippen LogP contribution in [0.3, 0.4) is 0 Å². The maximum absolute atomic E-state index is 10.6. The van der Waals surface area contributed by atoms with Crippen molar-refractivity contribution in [2.75, 3.05) is 13.1 Å². The van der Waals surface area contributed by atoms with Gasteiger partial charge in [0.1, 0.15) is 5.76 Å². The van der Waals surface area contributed by atoms with Gasteiger partial charge in [0.05, 0.1) is 18.3 Å². The zero-order valence-corrected chi connectivity index (χ0v) is 18.0. The summed E-state index contributed by atoms with van der Waals surface area (Å²) in [5.74, 6) is -0.121. The van der Waals surface area contributed by atoms with Gasteiger partial charge in [-0.2, -0.15) is 23.3 Å². The number of likely N-dealkylation sites (tertiary alicyclic amines) is 1. The number of nitrogens with zero attached hydrogens (tertiary/aromatic N) is 4. The van der Waals surface area contributed by atoms with E-state index in [0.717, 1.165) is 41.9 Å². The number of nitrogens with one attached hydrogen (secondary N) is 1. The minimum atomic E-state index is -5.08. The Bertz CT molecular complexity index is 1240. The summed E-state index contributed by atoms with van der Waals surface area (Å²) in [5, 5.41) is 19.3. The number of hydrogen-bond donors (Lipinski definition) is 2. The molecule has 1 aliphatic heterocycles. The third-order valence-electron chi connectivity index (χ3n) is 5.28. The van der Waals surface area contributed by atoms with Gasteiger partial charge in [0.2, 0.25) is 0 Å². The average Bonchev–Trinajstić information content (AvgIpc) is 3.55. The Morgan fingerprint density at radius 1 is 1.15 bits per heavy atom. The van der Waals surface area contributed by atoms with E-state index in [0.29, 0.717) is 23.9 Å². The van der Waals surface area contributed by atoms with E-state index in [4.69, 9.17) is 18.8 Å². The largest absolute Gasteiger partial charge is 0.490 e. The molecule has 0 unspecified atom stereocenters. The fraction of sp³-hybridized carbons (Fsp3) is 0.364. The van der Waals surface area contributed by atoms with E-state index in [1.807, 2.05) is 24.4 Å². The van der Waals surface area contributed by atoms with Gasteiger partial charge in [-0.15, -0.1) is 0 Å². The Labute approximate surface area is 191 Å². The zero-order valence-electron chi connectivity index (χ0n) is 18.0. The van der Waals surface area contributed by atoms with Crippen molar-refractivity contribution in [2.24, 2.45) is 0 Å². The number of piperidine rings is 1. The zero-order chi connectivity index (χ0) is 24.1. The molecule has 1 aliphatic rings. The van der Waals surface area contributed by atoms with Crippen molar-refractivity contribution in [3.05, 3.63) is 53.7 Å². The quantitative estimate of drug-likeness (QED) is 0.433. The number of aliphatic carboxylic acids is 1. The van der Waals surface area contributed by atoms with Gasteiger partial charge >= 0.3 is 12.1 Å². The normalized spacial score (nSPS) is 14.7. The van der Waals surface area contributed by atoms with Gasteiger partial charge in [-0.3, -0.25) is 10.00 Å². The molecule has 2 N–H and O–H groups in total. The lowest BCUT2D eigenvalue weighted by Gasteiger charge is -2.25. The van der Waals surface area contributed by atoms with Crippen LogP contribution in [0, 0.1) is 0 Å². The summed E-state index contributed by atoms with van der Waals surface area (Å²) in [4.78, 5) is 15.8. The molecule has 1 fully saturated rings. The van der Waals surface area contributed by atoms with Crippen molar-refractivity contribution < 1.29 is 32.0 Å². The number of halogens is 3. The first-order chi connectivity index (χ1) is 16.3. The third-order valence-corrected chi connectivity index (χ3v) is 5.28. The number of aromatic amines is 1. The molecule has 1 saturated heterocycles. The highest BCUT2D eigenvalue weighted by molar-refractivity contribution is 5.78. The summed E-state index contributed by atoms with van der Waals surface area (Å²) in [7, 11) is 0. The monoisotopic (exact) mass is 477 g/mol. The average molecular weight is 477 g/mol. The maximum atomic E-state index is 10.6. The minimum Gasteiger partial charge on any atom is -0.475 e. The summed E-state index contributed by atoms with van der Waals surface area (Å²) < 4.78 is 43.1. The molecule has 4 aromatic rings. The van der Waals surface area contributed by atoms with Crippen LogP contribution in [0.1, 0.15) is 36.4 Å². The van der Waals surface area contributed by atoms with Crippen LogP contribution >= 0.6 is 0 Å². The lowest BCUT2D eigenvalue weighted by atomic mass is 10.1. The van der Waals surface area contributed by atoms with Gasteiger partial charge in [0, 0.05) is 11.8 Å². The van der Waals surface area contributed by atoms with E-state index in [9.17, 15) is 13.2 Å². The smallest absolute Gasteiger partial charge is 0.475 e. The third kappa shape index (κ3) is 6.01. The molecule has 3 aromatic heterocycles. The minimum absolute atomic E-state index is 0.428. The van der Waals surface area contributed by atoms with Crippen molar-refractivity contribution in [3.63, 3.8) is 0 Å². The Hall–Kier alpha value is -3.67. The number of rotatable bonds is 5. The van der Waals surface area contributed by atoms with E-state index < -0.39 is 12.1 Å². The van der Waals surface area contributed by atoms with Gasteiger partial charge < -0.3 is 14.0 Å². The second-order valence-corrected chi connectivity index (χ2v) is 7.89. The number of carbonyl (C=O) groups is 1. The number of aromatic nitrogens is 4. The van der Waals surface area contributed by atoms with Crippen molar-refractivity contribution in [1.82, 2.24) is 25.2 Å². The van der Waals surface area contributed by atoms with Crippen molar-refractivity contribution in [3.8, 4) is 11.7 Å². The van der Waals surface area contributed by atoms with E-state index >= 15 is 0 Å². The number of benzene rings is 1. The second kappa shape index (κ2) is 10.1. The Morgan fingerprint density at radius 3 is 2.65 bits per heavy atom. The fourth-order valence-electron chi connectivity index (χ4n) is 3.62. The van der Waals surface area contributed by atoms with Crippen molar-refractivity contribution in [1.29, 1.82) is 0 Å². The molecule has 9 nitrogen and oxygen atoms in total. The Morgan fingerprint density at radius 2 is 1.91 bits per heavy atom. The molecule has 180 valence electrons. The van der Waals surface area contributed by atoms with Crippen LogP contribution in [0.5, 0.6) is 0 Å². The van der Waals surface area contributed by atoms with Gasteiger partial charge in [0.25, 0.3) is 5.89 Å². The van der Waals surface area contributed by atoms with Gasteiger partial charge in [-0.25, -0.2) is 4.79 Å². The molecular weight excluding hydrogens is 455 g/mol. The Kier molecular flexibility index (Phi) is 6.96. The molecule has 12 heteroatoms. The summed E-state index contributed by atoms with van der Waals surface area (Å²) in [6.07, 6.45) is 1.19. The molecule has 0 spiro atoms. The first kappa shape index (κ1) is 23.5. The molecule has 0 atom stereocenters. The SMILES string of the molecule is O=C(O)C(F)(F)F.c1cc2cn[nH]c2cc1Cc1noc(-c2ccc(CN3CCCCC3)o2)n1. The van der Waals surface area contributed by atoms with Crippen LogP contribution < -0.4 is 0 Å². The van der Waals surface area contributed by atoms with E-state index in [1.54, 1.807) is 0 Å². The lowest BCUT2D eigenvalue weighted by Crippen LogP contribution is -2.28. The van der Waals surface area contributed by atoms with Crippen molar-refractivity contribution >= 4 is 16.9 Å². The van der Waals surface area contributed by atoms with Gasteiger partial charge in [-0.1, -0.05) is 23.7 Å². The second-order valence-electron chi connectivity index (χ2n) is 7.89. The molecule has 0 saturated carbocycles. The first-order valence-electron chi connectivity index (χ1n) is 10.6. The molecule has 0 amide bonds. The van der Waals surface area contributed by atoms with Crippen LogP contribution in [0.15, 0.2) is 45.5 Å². The number of H-pyrrole nitrogens is 1. The fourth-order valence-corrected chi connectivity index (χ4v) is 3.62. The molecule has 5 rings (SSSR count). The predicted molar refractivity (Wildman–Crippen MR) is 114 cm³/mol. The summed E-state index contributed by atoms with van der Waals surface area (Å²) >= 11 is 0. The van der Waals surface area contributed by atoms with Crippen LogP contribution in [0.4, 0.5) is 13.2 Å². The highest BCUT2D eigenvalue weighted by Crippen LogP contribution is 2.23. The lowest BCUT2D eigenvalue weighted by molar-refractivity contribution is -0.192. The number of fused-ring (bicyclic) bond motifs is 1. The highest BCUT2D eigenvalue weighted by atomic mass is 19.4. The van der Waals surface area contributed by atoms with E-state index in [2.05, 4.69) is 37.4 Å². The standard InChI is InChI=1S/C20H21N5O2.C2HF3O2/c1-2-8-25(9-3-1)13-16-6-7-18(26-16)20-22-19(24-27-20)11-14-4-5-15-12-21-23-17(15)10-14;3-2(4,5)1(6)7/h4-7,10,12H,1-3,8-9,11,13H2,(H,21,23);(H,6,7). The molecule has 0 aliphatic carbocycles. The van der Waals surface area contributed by atoms with Crippen LogP contribution in [-0.4, -0.2) is 55.6 Å². The topological polar surface area (TPSA) is 121 Å². The van der Waals surface area contributed by atoms with E-state index in [-0.39, 0.29) is 0 Å². The highest BCUT2D eigenvalue weighted by Gasteiger charge is 2.38. The van der Waals surface area contributed by atoms with Crippen LogP contribution in [0.2, 0.25) is 0 Å². The van der Waals surface area contributed by atoms with Crippen molar-refractivity contribution in [2.45, 2.75) is 38.4 Å². The molecule has 0 radical (unpaired) electrons. The summed E-state index contributed by atoms with van der Waals surface area (Å²) in [6.45, 7) is 3.12. The van der Waals surface area contributed by atoms with Crippen LogP contribution in [-0.2, 0) is 17.8 Å². The maximum Gasteiger partial charge on any atom is 0.490 e. The molecule has 0 bridgehead atoms. The first-order valence-corrected chi connectivity index (χ1v) is 10.6.